The van der Waals surface area contributed by atoms with Gasteiger partial charge >= 0.3 is 0 Å². The minimum atomic E-state index is -0.340. The lowest BCUT2D eigenvalue weighted by Crippen LogP contribution is -2.27. The summed E-state index contributed by atoms with van der Waals surface area (Å²) < 4.78 is 17.9. The van der Waals surface area contributed by atoms with Gasteiger partial charge in [-0.05, 0) is 38.1 Å². The second kappa shape index (κ2) is 9.51. The number of fused-ring (bicyclic) bond motifs is 1. The Balaban J connectivity index is 1.79. The molecule has 31 heavy (non-hydrogen) atoms. The summed E-state index contributed by atoms with van der Waals surface area (Å²) in [7, 11) is 4.51. The van der Waals surface area contributed by atoms with Gasteiger partial charge < -0.3 is 24.1 Å². The number of rotatable bonds is 9. The monoisotopic (exact) mass is 425 g/mol. The van der Waals surface area contributed by atoms with Gasteiger partial charge in [0.2, 0.25) is 5.75 Å². The zero-order chi connectivity index (χ0) is 22.5. The average Bonchev–Trinajstić information content (AvgIpc) is 3.15. The van der Waals surface area contributed by atoms with Gasteiger partial charge in [-0.25, -0.2) is 4.98 Å². The van der Waals surface area contributed by atoms with Gasteiger partial charge in [-0.15, -0.1) is 0 Å². The van der Waals surface area contributed by atoms with Gasteiger partial charge in [0.15, 0.2) is 17.3 Å². The van der Waals surface area contributed by atoms with Crippen molar-refractivity contribution in [2.75, 3.05) is 27.9 Å². The summed E-state index contributed by atoms with van der Waals surface area (Å²) in [5.41, 5.74) is 2.11. The first-order valence-corrected chi connectivity index (χ1v) is 9.95. The molecule has 0 spiro atoms. The second-order valence-corrected chi connectivity index (χ2v) is 7.09. The fraction of sp³-hybridized carbons (Fsp3) is 0.348. The van der Waals surface area contributed by atoms with Crippen molar-refractivity contribution in [3.8, 4) is 17.2 Å². The van der Waals surface area contributed by atoms with Crippen molar-refractivity contribution in [2.45, 2.75) is 26.3 Å². The number of aromatic nitrogens is 2. The molecular weight excluding hydrogens is 398 g/mol. The van der Waals surface area contributed by atoms with Crippen molar-refractivity contribution >= 4 is 22.7 Å². The van der Waals surface area contributed by atoms with Gasteiger partial charge in [-0.1, -0.05) is 12.1 Å². The molecule has 1 heterocycles. The Kier molecular flexibility index (Phi) is 6.79. The molecule has 1 aromatic heterocycles. The molecule has 0 aliphatic rings. The van der Waals surface area contributed by atoms with Crippen LogP contribution in [0.25, 0.3) is 11.0 Å². The highest BCUT2D eigenvalue weighted by atomic mass is 16.5. The lowest BCUT2D eigenvalue weighted by molar-refractivity contribution is -0.119. The number of amides is 1. The summed E-state index contributed by atoms with van der Waals surface area (Å²) in [5.74, 6) is 1.75. The van der Waals surface area contributed by atoms with Crippen LogP contribution >= 0.6 is 0 Å². The molecule has 1 amide bonds. The van der Waals surface area contributed by atoms with Crippen LogP contribution in [0.15, 0.2) is 36.4 Å². The second-order valence-electron chi connectivity index (χ2n) is 7.09. The molecule has 3 aromatic rings. The van der Waals surface area contributed by atoms with Gasteiger partial charge in [-0.2, -0.15) is 0 Å². The van der Waals surface area contributed by atoms with Crippen LogP contribution in [0.5, 0.6) is 17.2 Å². The Morgan fingerprint density at radius 1 is 1.06 bits per heavy atom. The number of nitrogens with zero attached hydrogens (tertiary/aromatic N) is 2. The number of carbonyl (C=O) groups is 2. The third-order valence-electron chi connectivity index (χ3n) is 5.21. The number of ketones is 1. The maximum atomic E-state index is 12.7. The van der Waals surface area contributed by atoms with E-state index in [-0.39, 0.29) is 17.7 Å². The number of nitrogens with one attached hydrogen (secondary N) is 1. The van der Waals surface area contributed by atoms with E-state index in [4.69, 9.17) is 14.2 Å². The highest BCUT2D eigenvalue weighted by Crippen LogP contribution is 2.38. The normalized spacial score (nSPS) is 11.8. The van der Waals surface area contributed by atoms with Crippen molar-refractivity contribution in [3.63, 3.8) is 0 Å². The number of hydrogen-bond donors (Lipinski definition) is 1. The zero-order valence-corrected chi connectivity index (χ0v) is 18.4. The predicted octanol–water partition coefficient (Wildman–Crippen LogP) is 3.18. The van der Waals surface area contributed by atoms with Crippen molar-refractivity contribution < 1.29 is 23.8 Å². The Morgan fingerprint density at radius 2 is 1.71 bits per heavy atom. The van der Waals surface area contributed by atoms with E-state index in [9.17, 15) is 9.59 Å². The molecule has 0 radical (unpaired) electrons. The van der Waals surface area contributed by atoms with Crippen LogP contribution in [0.4, 0.5) is 0 Å². The van der Waals surface area contributed by atoms with Gasteiger partial charge in [-0.3, -0.25) is 9.59 Å². The first-order chi connectivity index (χ1) is 14.9. The molecule has 0 fully saturated rings. The number of carbonyl (C=O) groups excluding carboxylic acids is 2. The molecule has 8 heteroatoms. The number of methoxy groups -OCH3 is 3. The summed E-state index contributed by atoms with van der Waals surface area (Å²) >= 11 is 0. The molecule has 2 aromatic carbocycles. The summed E-state index contributed by atoms with van der Waals surface area (Å²) in [5, 5.41) is 2.90. The SMILES string of the molecule is COc1cc(C(=O)NCCc2nc3ccccc3n2C(C)C(C)=O)cc(OC)c1OC. The number of para-hydroxylation sites is 2. The maximum absolute atomic E-state index is 12.7. The van der Waals surface area contributed by atoms with Crippen molar-refractivity contribution in [2.24, 2.45) is 0 Å². The number of benzene rings is 2. The molecule has 1 unspecified atom stereocenters. The van der Waals surface area contributed by atoms with Crippen LogP contribution in [0.1, 0.15) is 36.1 Å². The number of imidazole rings is 1. The largest absolute Gasteiger partial charge is 0.493 e. The Bertz CT molecular complexity index is 1080. The lowest BCUT2D eigenvalue weighted by Gasteiger charge is -2.16. The van der Waals surface area contributed by atoms with Crippen LogP contribution < -0.4 is 19.5 Å². The number of hydrogen-bond acceptors (Lipinski definition) is 6. The lowest BCUT2D eigenvalue weighted by atomic mass is 10.1. The minimum absolute atomic E-state index is 0.0471. The Labute approximate surface area is 181 Å². The molecule has 0 aliphatic carbocycles. The van der Waals surface area contributed by atoms with E-state index in [0.29, 0.717) is 35.8 Å². The number of Topliss-reactive ketones (excluding diaryl/α,β-unsaturated/α-hetero) is 1. The van der Waals surface area contributed by atoms with Crippen molar-refractivity contribution in [3.05, 3.63) is 47.8 Å². The first kappa shape index (κ1) is 22.1. The van der Waals surface area contributed by atoms with Gasteiger partial charge in [0, 0.05) is 18.5 Å². The summed E-state index contributed by atoms with van der Waals surface area (Å²) in [6.07, 6.45) is 0.475. The molecule has 0 saturated carbocycles. The predicted molar refractivity (Wildman–Crippen MR) is 117 cm³/mol. The van der Waals surface area contributed by atoms with Crippen LogP contribution in [-0.2, 0) is 11.2 Å². The summed E-state index contributed by atoms with van der Waals surface area (Å²) in [4.78, 5) is 29.4. The highest BCUT2D eigenvalue weighted by molar-refractivity contribution is 5.95. The molecule has 1 N–H and O–H groups in total. The molecule has 164 valence electrons. The minimum Gasteiger partial charge on any atom is -0.493 e. The molecular formula is C23H27N3O5. The van der Waals surface area contributed by atoms with Crippen LogP contribution in [0.2, 0.25) is 0 Å². The van der Waals surface area contributed by atoms with E-state index < -0.39 is 0 Å². The van der Waals surface area contributed by atoms with E-state index >= 15 is 0 Å². The van der Waals surface area contributed by atoms with E-state index in [0.717, 1.165) is 16.9 Å². The van der Waals surface area contributed by atoms with E-state index in [1.165, 1.54) is 21.3 Å². The van der Waals surface area contributed by atoms with E-state index in [1.54, 1.807) is 19.1 Å². The van der Waals surface area contributed by atoms with Crippen molar-refractivity contribution in [1.29, 1.82) is 0 Å². The smallest absolute Gasteiger partial charge is 0.251 e. The standard InChI is InChI=1S/C23H27N3O5/c1-14(15(2)27)26-18-9-7-6-8-17(18)25-21(26)10-11-24-23(28)16-12-19(29-3)22(31-5)20(13-16)30-4/h6-9,12-14H,10-11H2,1-5H3,(H,24,28). The van der Waals surface area contributed by atoms with Gasteiger partial charge in [0.05, 0.1) is 38.4 Å². The Hall–Kier alpha value is -3.55. The Morgan fingerprint density at radius 3 is 2.29 bits per heavy atom. The highest BCUT2D eigenvalue weighted by Gasteiger charge is 2.20. The fourth-order valence-electron chi connectivity index (χ4n) is 3.49. The molecule has 0 aliphatic heterocycles. The molecule has 0 bridgehead atoms. The summed E-state index contributed by atoms with van der Waals surface area (Å²) in [6.45, 7) is 3.77. The third-order valence-corrected chi connectivity index (χ3v) is 5.21. The van der Waals surface area contributed by atoms with Crippen LogP contribution in [-0.4, -0.2) is 49.1 Å². The quantitative estimate of drug-likeness (QED) is 0.566. The topological polar surface area (TPSA) is 91.7 Å². The van der Waals surface area contributed by atoms with E-state index in [2.05, 4.69) is 10.3 Å². The van der Waals surface area contributed by atoms with Gasteiger partial charge in [0.25, 0.3) is 5.91 Å². The molecule has 0 saturated heterocycles. The average molecular weight is 425 g/mol. The van der Waals surface area contributed by atoms with Crippen LogP contribution in [0, 0.1) is 0 Å². The van der Waals surface area contributed by atoms with Crippen LogP contribution in [0.3, 0.4) is 0 Å². The van der Waals surface area contributed by atoms with Crippen molar-refractivity contribution in [1.82, 2.24) is 14.9 Å². The fourth-order valence-corrected chi connectivity index (χ4v) is 3.49. The first-order valence-electron chi connectivity index (χ1n) is 9.95. The number of ether oxygens (including phenoxy) is 3. The molecule has 1 atom stereocenters. The van der Waals surface area contributed by atoms with E-state index in [1.807, 2.05) is 35.8 Å². The molecule has 3 rings (SSSR count). The molecule has 8 nitrogen and oxygen atoms in total. The third kappa shape index (κ3) is 4.47. The summed E-state index contributed by atoms with van der Waals surface area (Å²) in [6, 6.07) is 10.6. The van der Waals surface area contributed by atoms with Gasteiger partial charge in [0.1, 0.15) is 5.82 Å². The zero-order valence-electron chi connectivity index (χ0n) is 18.4. The maximum Gasteiger partial charge on any atom is 0.251 e.